The van der Waals surface area contributed by atoms with Crippen LogP contribution in [0.2, 0.25) is 5.02 Å². The predicted molar refractivity (Wildman–Crippen MR) is 113 cm³/mol. The minimum Gasteiger partial charge on any atom is -0.388 e. The van der Waals surface area contributed by atoms with Gasteiger partial charge in [-0.2, -0.15) is 0 Å². The van der Waals surface area contributed by atoms with Crippen molar-refractivity contribution in [1.29, 1.82) is 0 Å². The maximum absolute atomic E-state index is 11.2. The SMILES string of the molecule is C[C@H](Nc1cc(-c2n[nH]c(=O)o2)cc(Br)c1Cl)C1CCC(N)CC1.Cl.Cl. The molecule has 1 aliphatic carbocycles. The molecule has 26 heavy (non-hydrogen) atoms. The van der Waals surface area contributed by atoms with Gasteiger partial charge in [-0.05, 0) is 66.6 Å². The second-order valence-electron chi connectivity index (χ2n) is 6.35. The maximum atomic E-state index is 11.2. The third-order valence-corrected chi connectivity index (χ3v) is 5.88. The molecule has 1 atom stereocenters. The van der Waals surface area contributed by atoms with E-state index < -0.39 is 5.76 Å². The van der Waals surface area contributed by atoms with E-state index in [-0.39, 0.29) is 36.7 Å². The molecule has 0 amide bonds. The Morgan fingerprint density at radius 1 is 1.35 bits per heavy atom. The fourth-order valence-electron chi connectivity index (χ4n) is 3.18. The Labute approximate surface area is 177 Å². The van der Waals surface area contributed by atoms with Gasteiger partial charge in [0.25, 0.3) is 0 Å². The molecule has 10 heteroatoms. The van der Waals surface area contributed by atoms with E-state index in [0.717, 1.165) is 31.4 Å². The van der Waals surface area contributed by atoms with Crippen molar-refractivity contribution >= 4 is 58.0 Å². The molecular formula is C16H22BrCl3N4O2. The lowest BCUT2D eigenvalue weighted by Crippen LogP contribution is -2.34. The summed E-state index contributed by atoms with van der Waals surface area (Å²) in [7, 11) is 0. The van der Waals surface area contributed by atoms with Gasteiger partial charge in [0, 0.05) is 22.1 Å². The van der Waals surface area contributed by atoms with E-state index in [1.165, 1.54) is 0 Å². The summed E-state index contributed by atoms with van der Waals surface area (Å²) in [6.07, 6.45) is 4.35. The highest BCUT2D eigenvalue weighted by Crippen LogP contribution is 2.36. The zero-order valence-electron chi connectivity index (χ0n) is 14.1. The molecule has 4 N–H and O–H groups in total. The molecule has 0 spiro atoms. The summed E-state index contributed by atoms with van der Waals surface area (Å²) in [6, 6.07) is 4.22. The number of anilines is 1. The molecule has 0 bridgehead atoms. The monoisotopic (exact) mass is 486 g/mol. The average Bonchev–Trinajstić information content (AvgIpc) is 2.98. The second kappa shape index (κ2) is 9.99. The molecule has 1 aromatic heterocycles. The first-order chi connectivity index (χ1) is 11.4. The summed E-state index contributed by atoms with van der Waals surface area (Å²) in [5, 5.41) is 10.2. The van der Waals surface area contributed by atoms with Gasteiger partial charge in [-0.25, -0.2) is 9.89 Å². The van der Waals surface area contributed by atoms with Crippen LogP contribution in [0.25, 0.3) is 11.5 Å². The van der Waals surface area contributed by atoms with Crippen LogP contribution < -0.4 is 16.8 Å². The lowest BCUT2D eigenvalue weighted by molar-refractivity contribution is 0.302. The molecule has 6 nitrogen and oxygen atoms in total. The number of nitrogens with one attached hydrogen (secondary N) is 2. The van der Waals surface area contributed by atoms with Crippen molar-refractivity contribution in [3.8, 4) is 11.5 Å². The molecule has 1 heterocycles. The van der Waals surface area contributed by atoms with E-state index in [4.69, 9.17) is 21.8 Å². The lowest BCUT2D eigenvalue weighted by Gasteiger charge is -2.32. The molecule has 2 aromatic rings. The van der Waals surface area contributed by atoms with Crippen LogP contribution in [0.5, 0.6) is 0 Å². The fraction of sp³-hybridized carbons (Fsp3) is 0.500. The van der Waals surface area contributed by atoms with Crippen molar-refractivity contribution in [1.82, 2.24) is 10.2 Å². The van der Waals surface area contributed by atoms with Crippen LogP contribution in [-0.2, 0) is 0 Å². The van der Waals surface area contributed by atoms with Gasteiger partial charge in [0.05, 0.1) is 10.7 Å². The highest BCUT2D eigenvalue weighted by Gasteiger charge is 2.24. The van der Waals surface area contributed by atoms with E-state index in [0.29, 0.717) is 27.0 Å². The Hall–Kier alpha value is -0.730. The molecule has 0 unspecified atom stereocenters. The van der Waals surface area contributed by atoms with Crippen LogP contribution in [0.15, 0.2) is 25.8 Å². The zero-order valence-corrected chi connectivity index (χ0v) is 18.1. The van der Waals surface area contributed by atoms with Gasteiger partial charge >= 0.3 is 5.76 Å². The molecule has 1 saturated carbocycles. The largest absolute Gasteiger partial charge is 0.434 e. The minimum absolute atomic E-state index is 0. The number of H-pyrrole nitrogens is 1. The Morgan fingerprint density at radius 2 is 2.00 bits per heavy atom. The molecule has 1 aliphatic rings. The summed E-state index contributed by atoms with van der Waals surface area (Å²) >= 11 is 9.86. The van der Waals surface area contributed by atoms with Crippen LogP contribution in [0, 0.1) is 5.92 Å². The maximum Gasteiger partial charge on any atom is 0.434 e. The summed E-state index contributed by atoms with van der Waals surface area (Å²) in [5.74, 6) is 0.209. The van der Waals surface area contributed by atoms with Gasteiger partial charge < -0.3 is 15.5 Å². The van der Waals surface area contributed by atoms with Crippen molar-refractivity contribution < 1.29 is 4.42 Å². The number of halogens is 4. The smallest absolute Gasteiger partial charge is 0.388 e. The summed E-state index contributed by atoms with van der Waals surface area (Å²) in [6.45, 7) is 2.16. The predicted octanol–water partition coefficient (Wildman–Crippen LogP) is 4.61. The number of rotatable bonds is 4. The van der Waals surface area contributed by atoms with E-state index in [1.54, 1.807) is 6.07 Å². The fourth-order valence-corrected chi connectivity index (χ4v) is 3.80. The average molecular weight is 489 g/mol. The molecule has 1 aromatic carbocycles. The van der Waals surface area contributed by atoms with Crippen molar-refractivity contribution in [3.05, 3.63) is 32.2 Å². The second-order valence-corrected chi connectivity index (χ2v) is 7.58. The third-order valence-electron chi connectivity index (χ3n) is 4.62. The molecule has 0 saturated heterocycles. The molecule has 3 rings (SSSR count). The zero-order chi connectivity index (χ0) is 17.3. The van der Waals surface area contributed by atoms with Crippen LogP contribution >= 0.6 is 52.3 Å². The summed E-state index contributed by atoms with van der Waals surface area (Å²) < 4.78 is 5.74. The van der Waals surface area contributed by atoms with Gasteiger partial charge in [-0.3, -0.25) is 0 Å². The number of benzene rings is 1. The van der Waals surface area contributed by atoms with Gasteiger partial charge in [0.2, 0.25) is 5.89 Å². The first-order valence-electron chi connectivity index (χ1n) is 8.01. The Morgan fingerprint density at radius 3 is 2.58 bits per heavy atom. The Kier molecular flexibility index (Phi) is 8.96. The first-order valence-corrected chi connectivity index (χ1v) is 9.18. The van der Waals surface area contributed by atoms with Gasteiger partial charge in [-0.1, -0.05) is 11.6 Å². The molecule has 0 radical (unpaired) electrons. The molecule has 146 valence electrons. The molecule has 0 aliphatic heterocycles. The van der Waals surface area contributed by atoms with Crippen molar-refractivity contribution in [2.75, 3.05) is 5.32 Å². The van der Waals surface area contributed by atoms with Crippen LogP contribution in [0.1, 0.15) is 32.6 Å². The van der Waals surface area contributed by atoms with Crippen molar-refractivity contribution in [2.45, 2.75) is 44.7 Å². The topological polar surface area (TPSA) is 96.9 Å². The van der Waals surface area contributed by atoms with E-state index in [2.05, 4.69) is 38.4 Å². The number of aromatic amines is 1. The van der Waals surface area contributed by atoms with Crippen LogP contribution in [0.3, 0.4) is 0 Å². The van der Waals surface area contributed by atoms with E-state index in [1.807, 2.05) is 6.07 Å². The molecule has 1 fully saturated rings. The van der Waals surface area contributed by atoms with Crippen molar-refractivity contribution in [2.24, 2.45) is 11.7 Å². The Balaban J connectivity index is 0.00000169. The van der Waals surface area contributed by atoms with Crippen molar-refractivity contribution in [3.63, 3.8) is 0 Å². The van der Waals surface area contributed by atoms with Gasteiger partial charge in [-0.15, -0.1) is 29.9 Å². The van der Waals surface area contributed by atoms with E-state index >= 15 is 0 Å². The number of nitrogens with two attached hydrogens (primary N) is 1. The summed E-state index contributed by atoms with van der Waals surface area (Å²) in [4.78, 5) is 11.2. The standard InChI is InChI=1S/C16H20BrClN4O2.2ClH/c1-8(9-2-4-11(19)5-3-9)20-13-7-10(6-12(17)14(13)18)15-21-22-16(23)24-15;;/h6-9,11,20H,2-5,19H2,1H3,(H,22,23);2*1H/t8-,9?,11?;;/m0../s1. The lowest BCUT2D eigenvalue weighted by atomic mass is 9.82. The minimum atomic E-state index is -0.586. The van der Waals surface area contributed by atoms with Gasteiger partial charge in [0.15, 0.2) is 0 Å². The summed E-state index contributed by atoms with van der Waals surface area (Å²) in [5.41, 5.74) is 7.44. The normalized spacial score (nSPS) is 20.6. The number of hydrogen-bond donors (Lipinski definition) is 3. The molecular weight excluding hydrogens is 466 g/mol. The number of aromatic nitrogens is 2. The van der Waals surface area contributed by atoms with Gasteiger partial charge in [0.1, 0.15) is 0 Å². The first kappa shape index (κ1) is 23.3. The Bertz CT molecular complexity index is 775. The highest BCUT2D eigenvalue weighted by atomic mass is 79.9. The van der Waals surface area contributed by atoms with E-state index in [9.17, 15) is 4.79 Å². The number of nitrogens with zero attached hydrogens (tertiary/aromatic N) is 1. The highest BCUT2D eigenvalue weighted by molar-refractivity contribution is 9.10. The third kappa shape index (κ3) is 5.39. The number of hydrogen-bond acceptors (Lipinski definition) is 5. The van der Waals surface area contributed by atoms with Crippen LogP contribution in [-0.4, -0.2) is 22.3 Å². The quantitative estimate of drug-likeness (QED) is 0.584. The van der Waals surface area contributed by atoms with Crippen LogP contribution in [0.4, 0.5) is 5.69 Å².